The average Bonchev–Trinajstić information content (AvgIpc) is 2.25. The number of nitrogens with one attached hydrogen (secondary N) is 1. The van der Waals surface area contributed by atoms with Gasteiger partial charge in [0, 0.05) is 6.04 Å². The Bertz CT molecular complexity index is 350. The second-order valence-electron chi connectivity index (χ2n) is 4.09. The lowest BCUT2D eigenvalue weighted by molar-refractivity contribution is -0.141. The van der Waals surface area contributed by atoms with Crippen molar-refractivity contribution >= 4 is 5.82 Å². The molecule has 1 unspecified atom stereocenters. The summed E-state index contributed by atoms with van der Waals surface area (Å²) in [6.45, 7) is 4.02. The molecular weight excluding hydrogens is 229 g/mol. The minimum absolute atomic E-state index is 0.130. The number of unbranched alkanes of at least 4 members (excludes halogenated alkanes) is 1. The molecule has 0 bridgehead atoms. The lowest BCUT2D eigenvalue weighted by Gasteiger charge is -2.15. The molecule has 0 saturated carbocycles. The van der Waals surface area contributed by atoms with Crippen LogP contribution >= 0.6 is 0 Å². The number of aromatic nitrogens is 1. The van der Waals surface area contributed by atoms with E-state index in [-0.39, 0.29) is 11.9 Å². The van der Waals surface area contributed by atoms with Crippen LogP contribution in [0, 0.1) is 0 Å². The molecule has 1 aromatic heterocycles. The van der Waals surface area contributed by atoms with Crippen LogP contribution in [0.5, 0.6) is 0 Å². The van der Waals surface area contributed by atoms with Crippen LogP contribution in [0.15, 0.2) is 18.2 Å². The molecule has 1 aromatic rings. The van der Waals surface area contributed by atoms with Gasteiger partial charge in [-0.05, 0) is 25.5 Å². The first-order valence-corrected chi connectivity index (χ1v) is 5.74. The van der Waals surface area contributed by atoms with E-state index in [1.165, 1.54) is 6.07 Å². The van der Waals surface area contributed by atoms with E-state index in [0.717, 1.165) is 25.3 Å². The molecule has 0 fully saturated rings. The molecule has 0 aliphatic rings. The van der Waals surface area contributed by atoms with E-state index in [2.05, 4.69) is 17.2 Å². The molecule has 1 heterocycles. The minimum Gasteiger partial charge on any atom is -0.368 e. The van der Waals surface area contributed by atoms with Crippen molar-refractivity contribution < 1.29 is 13.2 Å². The van der Waals surface area contributed by atoms with Crippen molar-refractivity contribution in [3.05, 3.63) is 23.9 Å². The first-order valence-electron chi connectivity index (χ1n) is 5.74. The molecule has 1 rings (SSSR count). The monoisotopic (exact) mass is 246 g/mol. The van der Waals surface area contributed by atoms with Crippen molar-refractivity contribution in [1.82, 2.24) is 4.98 Å². The van der Waals surface area contributed by atoms with E-state index in [1.54, 1.807) is 6.07 Å². The summed E-state index contributed by atoms with van der Waals surface area (Å²) in [5.74, 6) is 0.281. The zero-order chi connectivity index (χ0) is 12.9. The number of alkyl halides is 3. The van der Waals surface area contributed by atoms with Crippen LogP contribution in [0.4, 0.5) is 19.0 Å². The van der Waals surface area contributed by atoms with E-state index in [9.17, 15) is 13.2 Å². The van der Waals surface area contributed by atoms with Gasteiger partial charge in [0.2, 0.25) is 0 Å². The largest absolute Gasteiger partial charge is 0.433 e. The summed E-state index contributed by atoms with van der Waals surface area (Å²) in [6.07, 6.45) is -1.34. The standard InChI is InChI=1S/C12H17F3N2/c1-3-4-6-9(2)16-11-8-5-7-10(17-11)12(13,14)15/h5,7-9H,3-4,6H2,1-2H3,(H,16,17). The van der Waals surface area contributed by atoms with Gasteiger partial charge in [-0.25, -0.2) is 4.98 Å². The van der Waals surface area contributed by atoms with E-state index >= 15 is 0 Å². The Morgan fingerprint density at radius 3 is 2.65 bits per heavy atom. The second kappa shape index (κ2) is 5.89. The smallest absolute Gasteiger partial charge is 0.368 e. The van der Waals surface area contributed by atoms with E-state index in [0.29, 0.717) is 0 Å². The lowest BCUT2D eigenvalue weighted by atomic mass is 10.1. The molecule has 0 aromatic carbocycles. The zero-order valence-electron chi connectivity index (χ0n) is 10.0. The first kappa shape index (κ1) is 13.8. The van der Waals surface area contributed by atoms with Crippen LogP contribution in [-0.4, -0.2) is 11.0 Å². The molecule has 17 heavy (non-hydrogen) atoms. The number of halogens is 3. The highest BCUT2D eigenvalue weighted by molar-refractivity contribution is 5.36. The van der Waals surface area contributed by atoms with Gasteiger partial charge in [0.25, 0.3) is 0 Å². The number of hydrogen-bond donors (Lipinski definition) is 1. The van der Waals surface area contributed by atoms with Crippen molar-refractivity contribution in [2.24, 2.45) is 0 Å². The molecule has 0 radical (unpaired) electrons. The lowest BCUT2D eigenvalue weighted by Crippen LogP contribution is -2.17. The number of pyridine rings is 1. The fraction of sp³-hybridized carbons (Fsp3) is 0.583. The molecule has 0 spiro atoms. The summed E-state index contributed by atoms with van der Waals surface area (Å²) < 4.78 is 37.3. The Labute approximate surface area is 99.3 Å². The van der Waals surface area contributed by atoms with Gasteiger partial charge in [-0.2, -0.15) is 13.2 Å². The summed E-state index contributed by atoms with van der Waals surface area (Å²) in [5.41, 5.74) is -0.856. The maximum Gasteiger partial charge on any atom is 0.433 e. The average molecular weight is 246 g/mol. The third kappa shape index (κ3) is 4.63. The Hall–Kier alpha value is -1.26. The third-order valence-electron chi connectivity index (χ3n) is 2.42. The van der Waals surface area contributed by atoms with Crippen LogP contribution in [0.2, 0.25) is 0 Å². The van der Waals surface area contributed by atoms with Crippen LogP contribution in [0.25, 0.3) is 0 Å². The summed E-state index contributed by atoms with van der Waals surface area (Å²) in [7, 11) is 0. The van der Waals surface area contributed by atoms with Gasteiger partial charge < -0.3 is 5.32 Å². The van der Waals surface area contributed by atoms with Crippen molar-refractivity contribution in [3.63, 3.8) is 0 Å². The number of hydrogen-bond acceptors (Lipinski definition) is 2. The summed E-state index contributed by atoms with van der Waals surface area (Å²) >= 11 is 0. The third-order valence-corrected chi connectivity index (χ3v) is 2.42. The van der Waals surface area contributed by atoms with Gasteiger partial charge >= 0.3 is 6.18 Å². The molecule has 0 amide bonds. The molecule has 0 aliphatic carbocycles. The Balaban J connectivity index is 2.66. The van der Waals surface area contributed by atoms with Gasteiger partial charge in [-0.15, -0.1) is 0 Å². The van der Waals surface area contributed by atoms with E-state index in [4.69, 9.17) is 0 Å². The maximum absolute atomic E-state index is 12.4. The van der Waals surface area contributed by atoms with Crippen molar-refractivity contribution in [3.8, 4) is 0 Å². The number of nitrogens with zero attached hydrogens (tertiary/aromatic N) is 1. The second-order valence-corrected chi connectivity index (χ2v) is 4.09. The first-order chi connectivity index (χ1) is 7.93. The van der Waals surface area contributed by atoms with Crippen molar-refractivity contribution in [2.45, 2.75) is 45.3 Å². The van der Waals surface area contributed by atoms with Gasteiger partial charge in [-0.3, -0.25) is 0 Å². The molecule has 0 saturated heterocycles. The van der Waals surface area contributed by atoms with E-state index < -0.39 is 11.9 Å². The normalized spacial score (nSPS) is 13.5. The molecule has 96 valence electrons. The van der Waals surface area contributed by atoms with Crippen LogP contribution < -0.4 is 5.32 Å². The Morgan fingerprint density at radius 1 is 1.35 bits per heavy atom. The van der Waals surface area contributed by atoms with Gasteiger partial charge in [0.15, 0.2) is 0 Å². The minimum atomic E-state index is -4.38. The summed E-state index contributed by atoms with van der Waals surface area (Å²) in [5, 5.41) is 2.98. The topological polar surface area (TPSA) is 24.9 Å². The molecule has 0 aliphatic heterocycles. The number of rotatable bonds is 5. The van der Waals surface area contributed by atoms with Gasteiger partial charge in [0.1, 0.15) is 11.5 Å². The predicted molar refractivity (Wildman–Crippen MR) is 61.8 cm³/mol. The highest BCUT2D eigenvalue weighted by Gasteiger charge is 2.32. The zero-order valence-corrected chi connectivity index (χ0v) is 10.0. The molecule has 2 nitrogen and oxygen atoms in total. The van der Waals surface area contributed by atoms with Gasteiger partial charge in [-0.1, -0.05) is 25.8 Å². The van der Waals surface area contributed by atoms with Crippen LogP contribution in [0.1, 0.15) is 38.8 Å². The molecule has 5 heteroatoms. The molecule has 1 N–H and O–H groups in total. The van der Waals surface area contributed by atoms with E-state index in [1.807, 2.05) is 6.92 Å². The Morgan fingerprint density at radius 2 is 2.06 bits per heavy atom. The summed E-state index contributed by atoms with van der Waals surface area (Å²) in [6, 6.07) is 4.02. The quantitative estimate of drug-likeness (QED) is 0.846. The van der Waals surface area contributed by atoms with Crippen molar-refractivity contribution in [2.75, 3.05) is 5.32 Å². The predicted octanol–water partition coefficient (Wildman–Crippen LogP) is 4.09. The SMILES string of the molecule is CCCCC(C)Nc1cccc(C(F)(F)F)n1. The molecule has 1 atom stereocenters. The fourth-order valence-corrected chi connectivity index (χ4v) is 1.51. The van der Waals surface area contributed by atoms with Crippen LogP contribution in [0.3, 0.4) is 0 Å². The number of anilines is 1. The molecular formula is C12H17F3N2. The van der Waals surface area contributed by atoms with Crippen LogP contribution in [-0.2, 0) is 6.18 Å². The fourth-order valence-electron chi connectivity index (χ4n) is 1.51. The van der Waals surface area contributed by atoms with Gasteiger partial charge in [0.05, 0.1) is 0 Å². The van der Waals surface area contributed by atoms with Crippen molar-refractivity contribution in [1.29, 1.82) is 0 Å². The Kier molecular flexibility index (Phi) is 4.78. The summed E-state index contributed by atoms with van der Waals surface area (Å²) in [4.78, 5) is 3.56. The maximum atomic E-state index is 12.4. The highest BCUT2D eigenvalue weighted by Crippen LogP contribution is 2.28. The highest BCUT2D eigenvalue weighted by atomic mass is 19.4.